The lowest BCUT2D eigenvalue weighted by Gasteiger charge is -2.41. The van der Waals surface area contributed by atoms with Crippen molar-refractivity contribution >= 4 is 11.8 Å². The molecule has 0 bridgehead atoms. The van der Waals surface area contributed by atoms with Gasteiger partial charge in [0.15, 0.2) is 0 Å². The smallest absolute Gasteiger partial charge is 0.291 e. The van der Waals surface area contributed by atoms with Crippen molar-refractivity contribution in [3.8, 4) is 0 Å². The van der Waals surface area contributed by atoms with E-state index < -0.39 is 0 Å². The van der Waals surface area contributed by atoms with Crippen LogP contribution < -0.4 is 5.32 Å². The summed E-state index contributed by atoms with van der Waals surface area (Å²) in [5, 5.41) is 3.16. The normalized spacial score (nSPS) is 29.0. The molecule has 1 aromatic rings. The van der Waals surface area contributed by atoms with Gasteiger partial charge < -0.3 is 10.2 Å². The van der Waals surface area contributed by atoms with E-state index >= 15 is 0 Å². The van der Waals surface area contributed by atoms with Crippen LogP contribution in [0.2, 0.25) is 0 Å². The molecule has 0 spiro atoms. The Hall–Kier alpha value is -1.98. The topological polar surface area (TPSA) is 75.2 Å². The molecule has 2 aliphatic rings. The number of rotatable bonds is 1. The number of amides is 2. The van der Waals surface area contributed by atoms with Crippen molar-refractivity contribution in [2.24, 2.45) is 0 Å². The van der Waals surface area contributed by atoms with Crippen molar-refractivity contribution in [3.05, 3.63) is 24.3 Å². The summed E-state index contributed by atoms with van der Waals surface area (Å²) in [6, 6.07) is 1.72. The van der Waals surface area contributed by atoms with Gasteiger partial charge in [0.05, 0.1) is 11.6 Å². The number of nitrogens with one attached hydrogen (secondary N) is 1. The van der Waals surface area contributed by atoms with Crippen LogP contribution in [-0.4, -0.2) is 44.8 Å². The van der Waals surface area contributed by atoms with Crippen molar-refractivity contribution in [1.82, 2.24) is 20.2 Å². The molecule has 0 radical (unpaired) electrons. The molecule has 0 saturated carbocycles. The fourth-order valence-electron chi connectivity index (χ4n) is 3.68. The fourth-order valence-corrected chi connectivity index (χ4v) is 3.68. The van der Waals surface area contributed by atoms with Crippen LogP contribution in [0.4, 0.5) is 0 Å². The van der Waals surface area contributed by atoms with Crippen LogP contribution in [-0.2, 0) is 4.79 Å². The van der Waals surface area contributed by atoms with Crippen LogP contribution in [0.5, 0.6) is 0 Å². The van der Waals surface area contributed by atoms with Gasteiger partial charge in [0.1, 0.15) is 0 Å². The zero-order chi connectivity index (χ0) is 15.6. The Morgan fingerprint density at radius 1 is 1.32 bits per heavy atom. The van der Waals surface area contributed by atoms with Crippen molar-refractivity contribution in [2.75, 3.05) is 6.54 Å². The largest absolute Gasteiger partial charge is 0.349 e. The third-order valence-corrected chi connectivity index (χ3v) is 4.78. The maximum absolute atomic E-state index is 12.8. The minimum atomic E-state index is -0.353. The SMILES string of the molecule is C[C@]12CCCCN(C(=O)c3ncccn3)[C@H]1CCCC(=O)N2. The quantitative estimate of drug-likeness (QED) is 0.853. The van der Waals surface area contributed by atoms with Gasteiger partial charge in [-0.15, -0.1) is 0 Å². The highest BCUT2D eigenvalue weighted by atomic mass is 16.2. The monoisotopic (exact) mass is 302 g/mol. The van der Waals surface area contributed by atoms with Gasteiger partial charge in [-0.1, -0.05) is 0 Å². The fraction of sp³-hybridized carbons (Fsp3) is 0.625. The lowest BCUT2D eigenvalue weighted by Crippen LogP contribution is -2.59. The summed E-state index contributed by atoms with van der Waals surface area (Å²) in [4.78, 5) is 34.9. The van der Waals surface area contributed by atoms with Gasteiger partial charge in [-0.2, -0.15) is 0 Å². The second-order valence-corrected chi connectivity index (χ2v) is 6.40. The van der Waals surface area contributed by atoms with E-state index in [1.807, 2.05) is 4.90 Å². The third-order valence-electron chi connectivity index (χ3n) is 4.78. The molecule has 1 aromatic heterocycles. The molecule has 2 amide bonds. The van der Waals surface area contributed by atoms with E-state index in [-0.39, 0.29) is 29.2 Å². The number of likely N-dealkylation sites (tertiary alicyclic amines) is 1. The Kier molecular flexibility index (Phi) is 4.09. The highest BCUT2D eigenvalue weighted by molar-refractivity contribution is 5.91. The second-order valence-electron chi connectivity index (χ2n) is 6.40. The van der Waals surface area contributed by atoms with Gasteiger partial charge >= 0.3 is 0 Å². The number of carbonyl (C=O) groups is 2. The van der Waals surface area contributed by atoms with Gasteiger partial charge in [0, 0.05) is 25.4 Å². The van der Waals surface area contributed by atoms with Crippen LogP contribution >= 0.6 is 0 Å². The van der Waals surface area contributed by atoms with E-state index in [4.69, 9.17) is 0 Å². The van der Waals surface area contributed by atoms with E-state index in [0.717, 1.165) is 32.1 Å². The van der Waals surface area contributed by atoms with Crippen LogP contribution in [0.25, 0.3) is 0 Å². The van der Waals surface area contributed by atoms with E-state index in [9.17, 15) is 9.59 Å². The van der Waals surface area contributed by atoms with Gasteiger partial charge in [0.2, 0.25) is 11.7 Å². The van der Waals surface area contributed by atoms with E-state index in [1.165, 1.54) is 0 Å². The molecule has 2 saturated heterocycles. The Bertz CT molecular complexity index is 563. The summed E-state index contributed by atoms with van der Waals surface area (Å²) < 4.78 is 0. The van der Waals surface area contributed by atoms with Crippen molar-refractivity contribution in [2.45, 2.75) is 57.0 Å². The number of hydrogen-bond acceptors (Lipinski definition) is 4. The summed E-state index contributed by atoms with van der Waals surface area (Å²) in [7, 11) is 0. The van der Waals surface area contributed by atoms with Crippen LogP contribution in [0.3, 0.4) is 0 Å². The molecule has 0 aromatic carbocycles. The first-order chi connectivity index (χ1) is 10.6. The van der Waals surface area contributed by atoms with Gasteiger partial charge in [-0.3, -0.25) is 9.59 Å². The molecule has 2 aliphatic heterocycles. The second kappa shape index (κ2) is 6.02. The van der Waals surface area contributed by atoms with E-state index in [1.54, 1.807) is 18.5 Å². The lowest BCUT2D eigenvalue weighted by atomic mass is 9.85. The Labute approximate surface area is 130 Å². The average Bonchev–Trinajstić information content (AvgIpc) is 2.76. The molecule has 2 atom stereocenters. The molecule has 22 heavy (non-hydrogen) atoms. The standard InChI is InChI=1S/C16H22N4O2/c1-16-8-2-3-11-20(12(16)6-4-7-13(21)19-16)15(22)14-17-9-5-10-18-14/h5,9-10,12H,2-4,6-8,11H2,1H3,(H,19,21)/t12-,16-/m0/s1. The molecule has 0 aliphatic carbocycles. The van der Waals surface area contributed by atoms with Crippen molar-refractivity contribution in [3.63, 3.8) is 0 Å². The molecule has 6 nitrogen and oxygen atoms in total. The predicted molar refractivity (Wildman–Crippen MR) is 81.1 cm³/mol. The summed E-state index contributed by atoms with van der Waals surface area (Å²) in [5.41, 5.74) is -0.353. The van der Waals surface area contributed by atoms with E-state index in [0.29, 0.717) is 13.0 Å². The molecule has 1 N–H and O–H groups in total. The number of nitrogens with zero attached hydrogens (tertiary/aromatic N) is 3. The molecule has 118 valence electrons. The molecular formula is C16H22N4O2. The highest BCUT2D eigenvalue weighted by Crippen LogP contribution is 2.32. The Morgan fingerprint density at radius 3 is 2.86 bits per heavy atom. The number of carbonyl (C=O) groups excluding carboxylic acids is 2. The van der Waals surface area contributed by atoms with Gasteiger partial charge in [0.25, 0.3) is 5.91 Å². The maximum atomic E-state index is 12.8. The summed E-state index contributed by atoms with van der Waals surface area (Å²) in [6.45, 7) is 2.77. The van der Waals surface area contributed by atoms with Crippen LogP contribution in [0.15, 0.2) is 18.5 Å². The maximum Gasteiger partial charge on any atom is 0.291 e. The highest BCUT2D eigenvalue weighted by Gasteiger charge is 2.44. The summed E-state index contributed by atoms with van der Waals surface area (Å²) >= 11 is 0. The first-order valence-electron chi connectivity index (χ1n) is 7.99. The van der Waals surface area contributed by atoms with Crippen LogP contribution in [0, 0.1) is 0 Å². The van der Waals surface area contributed by atoms with Crippen LogP contribution in [0.1, 0.15) is 56.1 Å². The molecule has 0 unspecified atom stereocenters. The van der Waals surface area contributed by atoms with Crippen molar-refractivity contribution in [1.29, 1.82) is 0 Å². The minimum absolute atomic E-state index is 0.0118. The van der Waals surface area contributed by atoms with Crippen molar-refractivity contribution < 1.29 is 9.59 Å². The molecule has 6 heteroatoms. The summed E-state index contributed by atoms with van der Waals surface area (Å²) in [6.07, 6.45) is 8.23. The molecule has 3 rings (SSSR count). The zero-order valence-electron chi connectivity index (χ0n) is 12.9. The summed E-state index contributed by atoms with van der Waals surface area (Å²) in [5.74, 6) is 0.201. The molecule has 3 heterocycles. The Balaban J connectivity index is 1.92. The predicted octanol–water partition coefficient (Wildman–Crippen LogP) is 1.53. The zero-order valence-corrected chi connectivity index (χ0v) is 12.9. The Morgan fingerprint density at radius 2 is 2.09 bits per heavy atom. The third kappa shape index (κ3) is 2.82. The van der Waals surface area contributed by atoms with Gasteiger partial charge in [-0.25, -0.2) is 9.97 Å². The van der Waals surface area contributed by atoms with Gasteiger partial charge in [-0.05, 0) is 45.1 Å². The number of aromatic nitrogens is 2. The number of fused-ring (bicyclic) bond motifs is 1. The first kappa shape index (κ1) is 14.9. The average molecular weight is 302 g/mol. The lowest BCUT2D eigenvalue weighted by molar-refractivity contribution is -0.122. The molecule has 2 fully saturated rings. The minimum Gasteiger partial charge on any atom is -0.349 e. The van der Waals surface area contributed by atoms with E-state index in [2.05, 4.69) is 22.2 Å². The molecular weight excluding hydrogens is 280 g/mol. The first-order valence-corrected chi connectivity index (χ1v) is 7.99. The number of hydrogen-bond donors (Lipinski definition) is 1.